The molecule has 5 heteroatoms. The molecule has 0 saturated heterocycles. The first-order chi connectivity index (χ1) is 7.72. The van der Waals surface area contributed by atoms with Gasteiger partial charge in [0.05, 0.1) is 22.7 Å². The van der Waals surface area contributed by atoms with Crippen molar-refractivity contribution in [2.24, 2.45) is 0 Å². The Morgan fingerprint density at radius 1 is 1.06 bits per heavy atom. The van der Waals surface area contributed by atoms with E-state index in [-0.39, 0.29) is 0 Å². The summed E-state index contributed by atoms with van der Waals surface area (Å²) in [6.45, 7) is 0. The van der Waals surface area contributed by atoms with E-state index in [2.05, 4.69) is 9.97 Å². The summed E-state index contributed by atoms with van der Waals surface area (Å²) in [5.74, 6) is 1.11. The van der Waals surface area contributed by atoms with E-state index in [4.69, 9.17) is 27.9 Å². The van der Waals surface area contributed by atoms with Crippen molar-refractivity contribution in [1.82, 2.24) is 9.97 Å². The molecule has 3 nitrogen and oxygen atoms in total. The van der Waals surface area contributed by atoms with E-state index in [0.29, 0.717) is 27.2 Å². The Labute approximate surface area is 103 Å². The summed E-state index contributed by atoms with van der Waals surface area (Å²) in [6, 6.07) is 5.09. The van der Waals surface area contributed by atoms with Crippen LogP contribution in [0.4, 0.5) is 0 Å². The average molecular weight is 255 g/mol. The number of hydrogen-bond acceptors (Lipinski definition) is 3. The molecule has 0 spiro atoms. The Kier molecular flexibility index (Phi) is 3.27. The van der Waals surface area contributed by atoms with E-state index in [0.717, 1.165) is 0 Å². The van der Waals surface area contributed by atoms with Gasteiger partial charge < -0.3 is 4.74 Å². The van der Waals surface area contributed by atoms with E-state index >= 15 is 0 Å². The quantitative estimate of drug-likeness (QED) is 0.824. The minimum Gasteiger partial charge on any atom is -0.497 e. The molecule has 16 heavy (non-hydrogen) atoms. The molecule has 0 atom stereocenters. The molecule has 0 bridgehead atoms. The van der Waals surface area contributed by atoms with Crippen molar-refractivity contribution in [3.63, 3.8) is 0 Å². The minimum atomic E-state index is 0.468. The van der Waals surface area contributed by atoms with Crippen molar-refractivity contribution in [1.29, 1.82) is 0 Å². The topological polar surface area (TPSA) is 35.0 Å². The largest absolute Gasteiger partial charge is 0.497 e. The first-order valence-corrected chi connectivity index (χ1v) is 5.28. The molecular weight excluding hydrogens is 247 g/mol. The first kappa shape index (κ1) is 11.2. The molecule has 1 aromatic carbocycles. The Morgan fingerprint density at radius 2 is 1.62 bits per heavy atom. The SMILES string of the molecule is COc1cc(Cl)c(-c2ncccn2)c(Cl)c1. The van der Waals surface area contributed by atoms with Crippen LogP contribution in [0.1, 0.15) is 0 Å². The zero-order valence-electron chi connectivity index (χ0n) is 8.45. The molecule has 0 aliphatic heterocycles. The molecule has 0 unspecified atom stereocenters. The van der Waals surface area contributed by atoms with Crippen LogP contribution in [0.15, 0.2) is 30.6 Å². The summed E-state index contributed by atoms with van der Waals surface area (Å²) in [5, 5.41) is 0.936. The van der Waals surface area contributed by atoms with Gasteiger partial charge in [-0.15, -0.1) is 0 Å². The number of ether oxygens (including phenoxy) is 1. The predicted octanol–water partition coefficient (Wildman–Crippen LogP) is 3.46. The van der Waals surface area contributed by atoms with Crippen LogP contribution < -0.4 is 4.74 Å². The van der Waals surface area contributed by atoms with Crippen LogP contribution in [0.5, 0.6) is 5.75 Å². The highest BCUT2D eigenvalue weighted by molar-refractivity contribution is 6.39. The molecule has 1 heterocycles. The highest BCUT2D eigenvalue weighted by Gasteiger charge is 2.12. The zero-order chi connectivity index (χ0) is 11.5. The number of halogens is 2. The predicted molar refractivity (Wildman–Crippen MR) is 64.0 cm³/mol. The van der Waals surface area contributed by atoms with Crippen molar-refractivity contribution in [2.75, 3.05) is 7.11 Å². The normalized spacial score (nSPS) is 10.2. The van der Waals surface area contributed by atoms with Crippen molar-refractivity contribution < 1.29 is 4.74 Å². The third kappa shape index (κ3) is 2.10. The van der Waals surface area contributed by atoms with Crippen LogP contribution in [0.3, 0.4) is 0 Å². The number of nitrogens with zero attached hydrogens (tertiary/aromatic N) is 2. The van der Waals surface area contributed by atoms with Crippen molar-refractivity contribution in [3.8, 4) is 17.1 Å². The second-order valence-electron chi connectivity index (χ2n) is 3.04. The standard InChI is InChI=1S/C11H8Cl2N2O/c1-16-7-5-8(12)10(9(13)6-7)11-14-3-2-4-15-11/h2-6H,1H3. The number of aromatic nitrogens is 2. The fourth-order valence-corrected chi connectivity index (χ4v) is 1.95. The molecule has 0 radical (unpaired) electrons. The van der Waals surface area contributed by atoms with Crippen LogP contribution in [-0.4, -0.2) is 17.1 Å². The van der Waals surface area contributed by atoms with Gasteiger partial charge in [-0.05, 0) is 18.2 Å². The van der Waals surface area contributed by atoms with E-state index in [1.54, 1.807) is 37.7 Å². The second kappa shape index (κ2) is 4.68. The van der Waals surface area contributed by atoms with E-state index in [1.165, 1.54) is 0 Å². The van der Waals surface area contributed by atoms with Crippen molar-refractivity contribution in [2.45, 2.75) is 0 Å². The summed E-state index contributed by atoms with van der Waals surface area (Å²) in [4.78, 5) is 8.21. The molecule has 0 aliphatic rings. The molecule has 0 N–H and O–H groups in total. The summed E-state index contributed by atoms with van der Waals surface area (Å²) >= 11 is 12.2. The van der Waals surface area contributed by atoms with Crippen LogP contribution in [0.2, 0.25) is 10.0 Å². The molecule has 1 aromatic heterocycles. The highest BCUT2D eigenvalue weighted by atomic mass is 35.5. The van der Waals surface area contributed by atoms with Gasteiger partial charge in [-0.3, -0.25) is 0 Å². The van der Waals surface area contributed by atoms with Crippen LogP contribution in [0, 0.1) is 0 Å². The lowest BCUT2D eigenvalue weighted by atomic mass is 10.2. The molecule has 2 aromatic rings. The van der Waals surface area contributed by atoms with Gasteiger partial charge in [0, 0.05) is 12.4 Å². The van der Waals surface area contributed by atoms with Crippen LogP contribution >= 0.6 is 23.2 Å². The van der Waals surface area contributed by atoms with Crippen LogP contribution in [0.25, 0.3) is 11.4 Å². The lowest BCUT2D eigenvalue weighted by Crippen LogP contribution is -1.91. The van der Waals surface area contributed by atoms with Gasteiger partial charge in [-0.1, -0.05) is 23.2 Å². The maximum absolute atomic E-state index is 6.10. The fourth-order valence-electron chi connectivity index (χ4n) is 1.31. The molecule has 0 amide bonds. The molecule has 0 fully saturated rings. The average Bonchev–Trinajstić information content (AvgIpc) is 2.29. The van der Waals surface area contributed by atoms with E-state index in [9.17, 15) is 0 Å². The first-order valence-electron chi connectivity index (χ1n) is 4.53. The van der Waals surface area contributed by atoms with Gasteiger partial charge in [-0.25, -0.2) is 9.97 Å². The smallest absolute Gasteiger partial charge is 0.162 e. The molecular formula is C11H8Cl2N2O. The number of hydrogen-bond donors (Lipinski definition) is 0. The summed E-state index contributed by atoms with van der Waals surface area (Å²) in [5.41, 5.74) is 0.615. The monoisotopic (exact) mass is 254 g/mol. The molecule has 0 saturated carbocycles. The maximum Gasteiger partial charge on any atom is 0.162 e. The van der Waals surface area contributed by atoms with Gasteiger partial charge >= 0.3 is 0 Å². The van der Waals surface area contributed by atoms with E-state index < -0.39 is 0 Å². The Balaban J connectivity index is 2.58. The van der Waals surface area contributed by atoms with Crippen molar-refractivity contribution >= 4 is 23.2 Å². The molecule has 82 valence electrons. The van der Waals surface area contributed by atoms with Gasteiger partial charge in [0.25, 0.3) is 0 Å². The number of benzene rings is 1. The Bertz CT molecular complexity index is 480. The Morgan fingerprint density at radius 3 is 2.12 bits per heavy atom. The Hall–Kier alpha value is -1.32. The zero-order valence-corrected chi connectivity index (χ0v) is 9.96. The summed E-state index contributed by atoms with van der Waals surface area (Å²) in [6.07, 6.45) is 3.28. The fraction of sp³-hybridized carbons (Fsp3) is 0.0909. The molecule has 0 aliphatic carbocycles. The van der Waals surface area contributed by atoms with Gasteiger partial charge in [0.15, 0.2) is 5.82 Å². The maximum atomic E-state index is 6.10. The molecule has 2 rings (SSSR count). The van der Waals surface area contributed by atoms with Gasteiger partial charge in [-0.2, -0.15) is 0 Å². The van der Waals surface area contributed by atoms with Crippen molar-refractivity contribution in [3.05, 3.63) is 40.6 Å². The number of rotatable bonds is 2. The van der Waals surface area contributed by atoms with E-state index in [1.807, 2.05) is 0 Å². The third-order valence-corrected chi connectivity index (χ3v) is 2.64. The number of methoxy groups -OCH3 is 1. The van der Waals surface area contributed by atoms with Crippen LogP contribution in [-0.2, 0) is 0 Å². The summed E-state index contributed by atoms with van der Waals surface area (Å²) < 4.78 is 5.06. The second-order valence-corrected chi connectivity index (χ2v) is 3.85. The minimum absolute atomic E-state index is 0.468. The van der Waals surface area contributed by atoms with Gasteiger partial charge in [0.1, 0.15) is 5.75 Å². The summed E-state index contributed by atoms with van der Waals surface area (Å²) in [7, 11) is 1.56. The lowest BCUT2D eigenvalue weighted by molar-refractivity contribution is 0.415. The highest BCUT2D eigenvalue weighted by Crippen LogP contribution is 2.35. The third-order valence-electron chi connectivity index (χ3n) is 2.04. The lowest BCUT2D eigenvalue weighted by Gasteiger charge is -2.07. The van der Waals surface area contributed by atoms with Gasteiger partial charge in [0.2, 0.25) is 0 Å².